The monoisotopic (exact) mass is 636 g/mol. The van der Waals surface area contributed by atoms with Crippen molar-refractivity contribution in [3.8, 4) is 56.2 Å². The summed E-state index contributed by atoms with van der Waals surface area (Å²) in [5.74, 6) is 0.680. The van der Waals surface area contributed by atoms with Gasteiger partial charge in [0.2, 0.25) is 6.41 Å². The summed E-state index contributed by atoms with van der Waals surface area (Å²) in [6, 6.07) is 46.7. The minimum absolute atomic E-state index is 0.156. The zero-order valence-electron chi connectivity index (χ0n) is 28.0. The van der Waals surface area contributed by atoms with Crippen LogP contribution in [-0.2, 0) is 10.2 Å². The molecule has 1 aliphatic carbocycles. The fourth-order valence-corrected chi connectivity index (χ4v) is 7.34. The van der Waals surface area contributed by atoms with E-state index in [9.17, 15) is 4.79 Å². The normalized spacial score (nSPS) is 12.7. The predicted octanol–water partition coefficient (Wildman–Crippen LogP) is 10.2. The number of hydrogen-bond acceptors (Lipinski definition) is 4. The molecule has 0 spiro atoms. The number of hydrogen-bond donors (Lipinski definition) is 1. The van der Waals surface area contributed by atoms with Crippen LogP contribution in [0.2, 0.25) is 0 Å². The maximum Gasteiger partial charge on any atom is 0.213 e. The fourth-order valence-electron chi connectivity index (χ4n) is 7.34. The van der Waals surface area contributed by atoms with Gasteiger partial charge in [-0.15, -0.1) is 0 Å². The molecule has 8 rings (SSSR count). The van der Waals surface area contributed by atoms with Crippen molar-refractivity contribution in [2.45, 2.75) is 19.3 Å². The lowest BCUT2D eigenvalue weighted by atomic mass is 9.81. The van der Waals surface area contributed by atoms with Gasteiger partial charge in [0.15, 0.2) is 5.82 Å². The number of nitrogens with one attached hydrogen (secondary N) is 1. The third-order valence-corrected chi connectivity index (χ3v) is 9.92. The van der Waals surface area contributed by atoms with E-state index < -0.39 is 0 Å². The smallest absolute Gasteiger partial charge is 0.213 e. The largest absolute Gasteiger partial charge is 0.386 e. The molecule has 0 bridgehead atoms. The first-order chi connectivity index (χ1) is 23.9. The minimum atomic E-state index is -0.156. The number of carbonyl (C=O) groups excluding carboxylic acids is 1. The van der Waals surface area contributed by atoms with Crippen molar-refractivity contribution in [3.63, 3.8) is 0 Å². The van der Waals surface area contributed by atoms with Gasteiger partial charge in [0, 0.05) is 36.2 Å². The molecule has 6 aromatic carbocycles. The van der Waals surface area contributed by atoms with Gasteiger partial charge >= 0.3 is 0 Å². The highest BCUT2D eigenvalue weighted by atomic mass is 16.1. The second-order valence-corrected chi connectivity index (χ2v) is 13.2. The van der Waals surface area contributed by atoms with Crippen molar-refractivity contribution in [2.75, 3.05) is 24.3 Å². The van der Waals surface area contributed by atoms with E-state index >= 15 is 0 Å². The summed E-state index contributed by atoms with van der Waals surface area (Å²) in [5, 5.41) is 5.59. The van der Waals surface area contributed by atoms with Crippen molar-refractivity contribution < 1.29 is 4.79 Å². The summed E-state index contributed by atoms with van der Waals surface area (Å²) < 4.78 is 0. The first-order valence-electron chi connectivity index (χ1n) is 16.6. The van der Waals surface area contributed by atoms with Crippen LogP contribution in [0.4, 0.5) is 11.4 Å². The summed E-state index contributed by atoms with van der Waals surface area (Å²) in [5.41, 5.74) is 13.6. The van der Waals surface area contributed by atoms with Crippen LogP contribution in [0.5, 0.6) is 0 Å². The first-order valence-corrected chi connectivity index (χ1v) is 16.6. The topological polar surface area (TPSA) is 58.1 Å². The number of carbonyl (C=O) groups is 1. The van der Waals surface area contributed by atoms with Crippen molar-refractivity contribution in [1.82, 2.24) is 9.97 Å². The van der Waals surface area contributed by atoms with E-state index in [1.807, 2.05) is 37.4 Å². The van der Waals surface area contributed by atoms with Gasteiger partial charge < -0.3 is 10.2 Å². The Hall–Kier alpha value is -6.07. The highest BCUT2D eigenvalue weighted by molar-refractivity contribution is 6.08. The third-order valence-electron chi connectivity index (χ3n) is 9.92. The molecular weight excluding hydrogens is 601 g/mol. The molecule has 1 N–H and O–H groups in total. The molecule has 1 heterocycles. The summed E-state index contributed by atoms with van der Waals surface area (Å²) in [7, 11) is 3.62. The molecule has 0 saturated carbocycles. The van der Waals surface area contributed by atoms with Crippen molar-refractivity contribution in [2.24, 2.45) is 0 Å². The molecule has 0 radical (unpaired) electrons. The van der Waals surface area contributed by atoms with Crippen LogP contribution in [0.15, 0.2) is 133 Å². The molecular formula is C44H36N4O. The Morgan fingerprint density at radius 3 is 2.08 bits per heavy atom. The van der Waals surface area contributed by atoms with Gasteiger partial charge in [0.25, 0.3) is 0 Å². The molecule has 1 aliphatic rings. The van der Waals surface area contributed by atoms with Crippen molar-refractivity contribution >= 4 is 28.6 Å². The van der Waals surface area contributed by atoms with E-state index in [1.54, 1.807) is 11.9 Å². The van der Waals surface area contributed by atoms with Crippen molar-refractivity contribution in [1.29, 1.82) is 0 Å². The zero-order valence-corrected chi connectivity index (χ0v) is 28.0. The first kappa shape index (κ1) is 30.3. The molecule has 0 atom stereocenters. The second-order valence-electron chi connectivity index (χ2n) is 13.2. The Labute approximate surface area is 286 Å². The highest BCUT2D eigenvalue weighted by Crippen LogP contribution is 2.53. The second kappa shape index (κ2) is 11.9. The van der Waals surface area contributed by atoms with Gasteiger partial charge in [-0.2, -0.15) is 0 Å². The molecule has 1 amide bonds. The van der Waals surface area contributed by atoms with Crippen LogP contribution in [0.3, 0.4) is 0 Å². The Bertz CT molecular complexity index is 2400. The molecule has 238 valence electrons. The van der Waals surface area contributed by atoms with E-state index in [4.69, 9.17) is 9.97 Å². The predicted molar refractivity (Wildman–Crippen MR) is 203 cm³/mol. The number of amides is 1. The van der Waals surface area contributed by atoms with E-state index in [0.717, 1.165) is 57.0 Å². The van der Waals surface area contributed by atoms with Gasteiger partial charge in [0.1, 0.15) is 0 Å². The van der Waals surface area contributed by atoms with Crippen LogP contribution in [0.25, 0.3) is 66.9 Å². The van der Waals surface area contributed by atoms with Gasteiger partial charge in [-0.1, -0.05) is 117 Å². The molecule has 0 aliphatic heterocycles. The lowest BCUT2D eigenvalue weighted by molar-refractivity contribution is -0.107. The molecule has 49 heavy (non-hydrogen) atoms. The SMILES string of the molecule is CNc1ccc(-c2cccc(-c3cc(-c4cc5c(c6ccccc46)-c4ccccc4C5(C)C)nc(-c4ccccc4)n3)c2)cc1N(C)C=O. The average Bonchev–Trinajstić information content (AvgIpc) is 3.40. The Morgan fingerprint density at radius 1 is 0.612 bits per heavy atom. The number of aromatic nitrogens is 2. The average molecular weight is 637 g/mol. The van der Waals surface area contributed by atoms with Crippen LogP contribution in [-0.4, -0.2) is 30.5 Å². The number of nitrogens with zero attached hydrogens (tertiary/aromatic N) is 3. The molecule has 5 nitrogen and oxygen atoms in total. The van der Waals surface area contributed by atoms with E-state index in [0.29, 0.717) is 5.82 Å². The molecule has 0 fully saturated rings. The van der Waals surface area contributed by atoms with Crippen LogP contribution in [0.1, 0.15) is 25.0 Å². The van der Waals surface area contributed by atoms with Gasteiger partial charge in [-0.05, 0) is 74.5 Å². The van der Waals surface area contributed by atoms with Crippen molar-refractivity contribution in [3.05, 3.63) is 145 Å². The van der Waals surface area contributed by atoms with E-state index in [2.05, 4.69) is 122 Å². The lowest BCUT2D eigenvalue weighted by Gasteiger charge is -2.23. The van der Waals surface area contributed by atoms with Crippen LogP contribution in [0, 0.1) is 0 Å². The third kappa shape index (κ3) is 5.06. The Kier molecular flexibility index (Phi) is 7.33. The maximum absolute atomic E-state index is 11.7. The summed E-state index contributed by atoms with van der Waals surface area (Å²) in [6.07, 6.45) is 0.826. The molecule has 0 unspecified atom stereocenters. The number of fused-ring (bicyclic) bond motifs is 5. The van der Waals surface area contributed by atoms with Crippen LogP contribution >= 0.6 is 0 Å². The Morgan fingerprint density at radius 2 is 1.29 bits per heavy atom. The summed E-state index contributed by atoms with van der Waals surface area (Å²) in [6.45, 7) is 4.65. The molecule has 5 heteroatoms. The highest BCUT2D eigenvalue weighted by Gasteiger charge is 2.37. The van der Waals surface area contributed by atoms with Gasteiger partial charge in [-0.25, -0.2) is 9.97 Å². The summed E-state index contributed by atoms with van der Waals surface area (Å²) >= 11 is 0. The fraction of sp³-hybridized carbons (Fsp3) is 0.114. The van der Waals surface area contributed by atoms with Crippen LogP contribution < -0.4 is 10.2 Å². The zero-order chi connectivity index (χ0) is 33.7. The lowest BCUT2D eigenvalue weighted by Crippen LogP contribution is -2.15. The van der Waals surface area contributed by atoms with Gasteiger partial charge in [-0.3, -0.25) is 4.79 Å². The molecule has 7 aromatic rings. The number of benzene rings is 6. The Balaban J connectivity index is 1.34. The maximum atomic E-state index is 11.7. The minimum Gasteiger partial charge on any atom is -0.386 e. The van der Waals surface area contributed by atoms with E-state index in [1.165, 1.54) is 33.0 Å². The number of anilines is 2. The van der Waals surface area contributed by atoms with Gasteiger partial charge in [0.05, 0.1) is 22.8 Å². The summed E-state index contributed by atoms with van der Waals surface area (Å²) in [4.78, 5) is 23.7. The standard InChI is InChI=1S/C44H36N4O/c1-44(2)36-20-11-10-19-34(36)42-33-18-9-8-17-32(33)35(25-37(42)44)40-26-39(46-43(47-40)28-13-6-5-7-14-28)31-16-12-15-29(23-31)30-21-22-38(45-3)41(24-30)48(4)27-49/h5-27,45H,1-4H3. The molecule has 0 saturated heterocycles. The van der Waals surface area contributed by atoms with E-state index in [-0.39, 0.29) is 5.41 Å². The quantitative estimate of drug-likeness (QED) is 0.177. The molecule has 1 aromatic heterocycles. The number of rotatable bonds is 7.